The van der Waals surface area contributed by atoms with E-state index in [4.69, 9.17) is 11.6 Å². The van der Waals surface area contributed by atoms with Crippen molar-refractivity contribution in [2.75, 3.05) is 15.4 Å². The number of rotatable bonds is 6. The summed E-state index contributed by atoms with van der Waals surface area (Å²) >= 11 is 6.71. The van der Waals surface area contributed by atoms with Gasteiger partial charge in [0.05, 0.1) is 10.6 Å². The lowest BCUT2D eigenvalue weighted by Gasteiger charge is -2.07. The van der Waals surface area contributed by atoms with Crippen LogP contribution in [0.5, 0.6) is 0 Å². The fourth-order valence-electron chi connectivity index (χ4n) is 2.50. The Balaban J connectivity index is 1.76. The lowest BCUT2D eigenvalue weighted by atomic mass is 10.2. The fourth-order valence-corrected chi connectivity index (χ4v) is 4.73. The maximum Gasteiger partial charge on any atom is 0.267 e. The summed E-state index contributed by atoms with van der Waals surface area (Å²) < 4.78 is 27.4. The molecule has 0 saturated carbocycles. The monoisotopic (exact) mass is 464 g/mol. The highest BCUT2D eigenvalue weighted by molar-refractivity contribution is 7.93. The van der Waals surface area contributed by atoms with Gasteiger partial charge in [0.25, 0.3) is 15.9 Å². The molecule has 30 heavy (non-hydrogen) atoms. The van der Waals surface area contributed by atoms with E-state index in [-0.39, 0.29) is 20.8 Å². The average molecular weight is 465 g/mol. The number of hydrogen-bond donors (Lipinski definition) is 3. The quantitative estimate of drug-likeness (QED) is 0.507. The Morgan fingerprint density at radius 3 is 2.30 bits per heavy atom. The predicted molar refractivity (Wildman–Crippen MR) is 118 cm³/mol. The van der Waals surface area contributed by atoms with Crippen LogP contribution in [-0.2, 0) is 14.8 Å². The molecule has 11 heteroatoms. The van der Waals surface area contributed by atoms with Crippen molar-refractivity contribution in [1.82, 2.24) is 4.98 Å². The highest BCUT2D eigenvalue weighted by atomic mass is 35.5. The second kappa shape index (κ2) is 8.82. The molecule has 0 bridgehead atoms. The van der Waals surface area contributed by atoms with Crippen molar-refractivity contribution >= 4 is 61.3 Å². The van der Waals surface area contributed by atoms with E-state index >= 15 is 0 Å². The van der Waals surface area contributed by atoms with Gasteiger partial charge in [-0.25, -0.2) is 13.4 Å². The first-order valence-electron chi connectivity index (χ1n) is 8.59. The molecular formula is C19H17ClN4O4S2. The van der Waals surface area contributed by atoms with Gasteiger partial charge in [0.2, 0.25) is 5.91 Å². The molecule has 0 fully saturated rings. The van der Waals surface area contributed by atoms with Gasteiger partial charge in [-0.15, -0.1) is 0 Å². The number of carbonyl (C=O) groups excluding carboxylic acids is 2. The van der Waals surface area contributed by atoms with Gasteiger partial charge in [0.1, 0.15) is 4.88 Å². The summed E-state index contributed by atoms with van der Waals surface area (Å²) in [7, 11) is -3.87. The zero-order chi connectivity index (χ0) is 21.9. The number of carbonyl (C=O) groups is 2. The van der Waals surface area contributed by atoms with Crippen molar-refractivity contribution in [1.29, 1.82) is 0 Å². The van der Waals surface area contributed by atoms with E-state index in [1.54, 1.807) is 31.2 Å². The lowest BCUT2D eigenvalue weighted by molar-refractivity contribution is -0.114. The van der Waals surface area contributed by atoms with Crippen LogP contribution in [0.1, 0.15) is 22.3 Å². The first kappa shape index (κ1) is 21.8. The summed E-state index contributed by atoms with van der Waals surface area (Å²) in [4.78, 5) is 28.2. The number of aromatic nitrogens is 1. The second-order valence-electron chi connectivity index (χ2n) is 6.21. The topological polar surface area (TPSA) is 117 Å². The number of sulfonamides is 1. The van der Waals surface area contributed by atoms with Crippen molar-refractivity contribution in [3.8, 4) is 0 Å². The summed E-state index contributed by atoms with van der Waals surface area (Å²) in [5, 5.41) is 5.83. The van der Waals surface area contributed by atoms with Crippen LogP contribution in [0.15, 0.2) is 53.4 Å². The smallest absolute Gasteiger partial charge is 0.267 e. The predicted octanol–water partition coefficient (Wildman–Crippen LogP) is 4.12. The van der Waals surface area contributed by atoms with Gasteiger partial charge in [-0.2, -0.15) is 0 Å². The lowest BCUT2D eigenvalue weighted by Crippen LogP contribution is -2.12. The maximum absolute atomic E-state index is 12.6. The van der Waals surface area contributed by atoms with Gasteiger partial charge in [0, 0.05) is 23.3 Å². The van der Waals surface area contributed by atoms with E-state index in [1.807, 2.05) is 0 Å². The molecule has 2 amide bonds. The SMILES string of the molecule is CC(=O)Nc1cccc(NC(=O)c2sc(NS(=O)(=O)c3ccc(Cl)cc3)nc2C)c1. The van der Waals surface area contributed by atoms with E-state index in [0.717, 1.165) is 11.3 Å². The van der Waals surface area contributed by atoms with Gasteiger partial charge in [-0.3, -0.25) is 14.3 Å². The van der Waals surface area contributed by atoms with Crippen LogP contribution in [0.2, 0.25) is 5.02 Å². The van der Waals surface area contributed by atoms with E-state index in [2.05, 4.69) is 20.3 Å². The average Bonchev–Trinajstić information content (AvgIpc) is 3.01. The summed E-state index contributed by atoms with van der Waals surface area (Å²) in [5.41, 5.74) is 1.39. The van der Waals surface area contributed by atoms with Gasteiger partial charge < -0.3 is 10.6 Å². The minimum absolute atomic E-state index is 0.0283. The molecule has 0 aliphatic heterocycles. The second-order valence-corrected chi connectivity index (χ2v) is 9.33. The van der Waals surface area contributed by atoms with E-state index in [0.29, 0.717) is 22.1 Å². The molecule has 1 aromatic heterocycles. The number of halogens is 1. The summed E-state index contributed by atoms with van der Waals surface area (Å²) in [5.74, 6) is -0.670. The Kier molecular flexibility index (Phi) is 6.40. The Morgan fingerprint density at radius 1 is 1.03 bits per heavy atom. The highest BCUT2D eigenvalue weighted by Crippen LogP contribution is 2.27. The van der Waals surface area contributed by atoms with Crippen LogP contribution < -0.4 is 15.4 Å². The first-order valence-corrected chi connectivity index (χ1v) is 11.3. The molecule has 2 aromatic carbocycles. The molecular weight excluding hydrogens is 448 g/mol. The number of anilines is 3. The molecule has 0 saturated heterocycles. The minimum atomic E-state index is -3.87. The van der Waals surface area contributed by atoms with E-state index < -0.39 is 15.9 Å². The number of nitrogens with one attached hydrogen (secondary N) is 3. The molecule has 0 spiro atoms. The molecule has 3 aromatic rings. The van der Waals surface area contributed by atoms with Crippen molar-refractivity contribution in [2.45, 2.75) is 18.7 Å². The molecule has 156 valence electrons. The highest BCUT2D eigenvalue weighted by Gasteiger charge is 2.20. The standard InChI is InChI=1S/C19H17ClN4O4S2/c1-11-17(18(26)23-15-5-3-4-14(10-15)22-12(2)25)29-19(21-11)24-30(27,28)16-8-6-13(20)7-9-16/h3-10H,1-2H3,(H,21,24)(H,22,25)(H,23,26). The number of nitrogens with zero attached hydrogens (tertiary/aromatic N) is 1. The summed E-state index contributed by atoms with van der Waals surface area (Å²) in [6.45, 7) is 3.00. The van der Waals surface area contributed by atoms with Crippen LogP contribution in [-0.4, -0.2) is 25.2 Å². The van der Waals surface area contributed by atoms with Crippen LogP contribution in [0.3, 0.4) is 0 Å². The van der Waals surface area contributed by atoms with Crippen molar-refractivity contribution < 1.29 is 18.0 Å². The van der Waals surface area contributed by atoms with Crippen molar-refractivity contribution in [3.63, 3.8) is 0 Å². The van der Waals surface area contributed by atoms with Gasteiger partial charge in [-0.1, -0.05) is 29.0 Å². The van der Waals surface area contributed by atoms with Gasteiger partial charge in [0.15, 0.2) is 5.13 Å². The molecule has 1 heterocycles. The first-order chi connectivity index (χ1) is 14.1. The molecule has 0 atom stereocenters. The molecule has 0 aliphatic carbocycles. The normalized spacial score (nSPS) is 11.0. The van der Waals surface area contributed by atoms with Gasteiger partial charge in [-0.05, 0) is 49.4 Å². The molecule has 0 unspecified atom stereocenters. The van der Waals surface area contributed by atoms with E-state index in [9.17, 15) is 18.0 Å². The van der Waals surface area contributed by atoms with Crippen LogP contribution in [0, 0.1) is 6.92 Å². The third kappa shape index (κ3) is 5.35. The van der Waals surface area contributed by atoms with Crippen LogP contribution in [0.4, 0.5) is 16.5 Å². The Bertz CT molecular complexity index is 1210. The van der Waals surface area contributed by atoms with Crippen molar-refractivity contribution in [3.05, 3.63) is 64.1 Å². The number of amides is 2. The number of aryl methyl sites for hydroxylation is 1. The minimum Gasteiger partial charge on any atom is -0.326 e. The maximum atomic E-state index is 12.6. The van der Waals surface area contributed by atoms with Gasteiger partial charge >= 0.3 is 0 Å². The zero-order valence-electron chi connectivity index (χ0n) is 15.9. The van der Waals surface area contributed by atoms with E-state index in [1.165, 1.54) is 31.2 Å². The Labute approximate surface area is 182 Å². The number of benzene rings is 2. The Hall–Kier alpha value is -2.95. The fraction of sp³-hybridized carbons (Fsp3) is 0.105. The van der Waals surface area contributed by atoms with Crippen LogP contribution in [0.25, 0.3) is 0 Å². The largest absolute Gasteiger partial charge is 0.326 e. The number of thiazole rings is 1. The summed E-state index contributed by atoms with van der Waals surface area (Å²) in [6.07, 6.45) is 0. The molecule has 3 N–H and O–H groups in total. The van der Waals surface area contributed by atoms with Crippen molar-refractivity contribution in [2.24, 2.45) is 0 Å². The molecule has 8 nitrogen and oxygen atoms in total. The molecule has 0 radical (unpaired) electrons. The molecule has 0 aliphatic rings. The Morgan fingerprint density at radius 2 is 1.67 bits per heavy atom. The number of hydrogen-bond acceptors (Lipinski definition) is 6. The molecule has 3 rings (SSSR count). The van der Waals surface area contributed by atoms with Crippen LogP contribution >= 0.6 is 22.9 Å². The summed E-state index contributed by atoms with van der Waals surface area (Å²) in [6, 6.07) is 12.4. The third-order valence-corrected chi connectivity index (χ3v) is 6.60. The zero-order valence-corrected chi connectivity index (χ0v) is 18.3. The third-order valence-electron chi connectivity index (χ3n) is 3.79.